The van der Waals surface area contributed by atoms with Crippen molar-refractivity contribution in [1.29, 1.82) is 0 Å². The summed E-state index contributed by atoms with van der Waals surface area (Å²) in [7, 11) is 0. The Hall–Kier alpha value is -0.900. The first-order valence-corrected chi connectivity index (χ1v) is 4.88. The SMILES string of the molecule is CC(C)COC(=O)C1COCCC1=O. The van der Waals surface area contributed by atoms with Crippen LogP contribution in [0.1, 0.15) is 20.3 Å². The summed E-state index contributed by atoms with van der Waals surface area (Å²) >= 11 is 0. The summed E-state index contributed by atoms with van der Waals surface area (Å²) in [5.74, 6) is -0.908. The minimum absolute atomic E-state index is 0.0648. The summed E-state index contributed by atoms with van der Waals surface area (Å²) in [5, 5.41) is 0. The zero-order chi connectivity index (χ0) is 10.6. The number of rotatable bonds is 3. The molecule has 0 radical (unpaired) electrons. The number of Topliss-reactive ketones (excluding diaryl/α,β-unsaturated/α-hetero) is 1. The zero-order valence-electron chi connectivity index (χ0n) is 8.62. The lowest BCUT2D eigenvalue weighted by Crippen LogP contribution is -2.35. The van der Waals surface area contributed by atoms with Crippen molar-refractivity contribution in [3.63, 3.8) is 0 Å². The van der Waals surface area contributed by atoms with Crippen LogP contribution in [0, 0.1) is 11.8 Å². The molecule has 0 aromatic carbocycles. The van der Waals surface area contributed by atoms with E-state index in [0.717, 1.165) is 0 Å². The summed E-state index contributed by atoms with van der Waals surface area (Å²) in [4.78, 5) is 22.7. The highest BCUT2D eigenvalue weighted by atomic mass is 16.5. The first-order valence-electron chi connectivity index (χ1n) is 4.88. The molecule has 1 heterocycles. The van der Waals surface area contributed by atoms with E-state index in [2.05, 4.69) is 0 Å². The number of ether oxygens (including phenoxy) is 2. The quantitative estimate of drug-likeness (QED) is 0.499. The summed E-state index contributed by atoms with van der Waals surface area (Å²) in [6.07, 6.45) is 0.321. The van der Waals surface area contributed by atoms with E-state index in [0.29, 0.717) is 25.6 Å². The molecule has 0 aromatic heterocycles. The second-order valence-corrected chi connectivity index (χ2v) is 3.87. The van der Waals surface area contributed by atoms with E-state index in [4.69, 9.17) is 9.47 Å². The lowest BCUT2D eigenvalue weighted by molar-refractivity contribution is -0.158. The van der Waals surface area contributed by atoms with Gasteiger partial charge in [-0.25, -0.2) is 0 Å². The highest BCUT2D eigenvalue weighted by Crippen LogP contribution is 2.12. The summed E-state index contributed by atoms with van der Waals surface area (Å²) in [6, 6.07) is 0. The number of hydrogen-bond acceptors (Lipinski definition) is 4. The fraction of sp³-hybridized carbons (Fsp3) is 0.800. The van der Waals surface area contributed by atoms with Crippen LogP contribution in [-0.4, -0.2) is 31.6 Å². The Labute approximate surface area is 83.6 Å². The van der Waals surface area contributed by atoms with Gasteiger partial charge in [0.2, 0.25) is 0 Å². The van der Waals surface area contributed by atoms with Gasteiger partial charge in [0.1, 0.15) is 5.92 Å². The van der Waals surface area contributed by atoms with Gasteiger partial charge >= 0.3 is 5.97 Å². The molecule has 1 atom stereocenters. The van der Waals surface area contributed by atoms with Crippen LogP contribution < -0.4 is 0 Å². The van der Waals surface area contributed by atoms with Gasteiger partial charge in [-0.3, -0.25) is 9.59 Å². The number of ketones is 1. The first kappa shape index (κ1) is 11.2. The van der Waals surface area contributed by atoms with E-state index in [1.165, 1.54) is 0 Å². The van der Waals surface area contributed by atoms with Gasteiger partial charge in [-0.15, -0.1) is 0 Å². The minimum atomic E-state index is -0.692. The molecule has 0 spiro atoms. The second kappa shape index (κ2) is 5.10. The highest BCUT2D eigenvalue weighted by molar-refractivity contribution is 5.99. The molecule has 1 fully saturated rings. The topological polar surface area (TPSA) is 52.6 Å². The van der Waals surface area contributed by atoms with Crippen molar-refractivity contribution >= 4 is 11.8 Å². The smallest absolute Gasteiger partial charge is 0.318 e. The van der Waals surface area contributed by atoms with Gasteiger partial charge in [0.05, 0.1) is 19.8 Å². The van der Waals surface area contributed by atoms with E-state index in [9.17, 15) is 9.59 Å². The van der Waals surface area contributed by atoms with Gasteiger partial charge in [0.15, 0.2) is 5.78 Å². The third-order valence-corrected chi connectivity index (χ3v) is 2.01. The van der Waals surface area contributed by atoms with E-state index in [1.54, 1.807) is 0 Å². The molecule has 1 aliphatic heterocycles. The first-order chi connectivity index (χ1) is 6.61. The predicted molar refractivity (Wildman–Crippen MR) is 49.7 cm³/mol. The molecule has 1 unspecified atom stereocenters. The largest absolute Gasteiger partial charge is 0.465 e. The molecule has 1 saturated heterocycles. The lowest BCUT2D eigenvalue weighted by atomic mass is 10.0. The van der Waals surface area contributed by atoms with Crippen LogP contribution in [0.15, 0.2) is 0 Å². The third-order valence-electron chi connectivity index (χ3n) is 2.01. The maximum atomic E-state index is 11.4. The van der Waals surface area contributed by atoms with Crippen LogP contribution in [0.3, 0.4) is 0 Å². The van der Waals surface area contributed by atoms with Crippen LogP contribution in [-0.2, 0) is 19.1 Å². The van der Waals surface area contributed by atoms with Crippen LogP contribution in [0.25, 0.3) is 0 Å². The number of carbonyl (C=O) groups is 2. The fourth-order valence-electron chi connectivity index (χ4n) is 1.19. The average Bonchev–Trinajstić information content (AvgIpc) is 2.15. The maximum Gasteiger partial charge on any atom is 0.318 e. The molecule has 14 heavy (non-hydrogen) atoms. The van der Waals surface area contributed by atoms with Crippen molar-refractivity contribution in [2.24, 2.45) is 11.8 Å². The number of hydrogen-bond donors (Lipinski definition) is 0. The maximum absolute atomic E-state index is 11.4. The van der Waals surface area contributed by atoms with Gasteiger partial charge in [-0.05, 0) is 5.92 Å². The highest BCUT2D eigenvalue weighted by Gasteiger charge is 2.30. The molecule has 1 aliphatic rings. The lowest BCUT2D eigenvalue weighted by Gasteiger charge is -2.19. The van der Waals surface area contributed by atoms with Crippen molar-refractivity contribution in [2.45, 2.75) is 20.3 Å². The summed E-state index contributed by atoms with van der Waals surface area (Å²) < 4.78 is 10.0. The molecule has 0 N–H and O–H groups in total. The average molecular weight is 200 g/mol. The molecule has 0 amide bonds. The predicted octanol–water partition coefficient (Wildman–Crippen LogP) is 0.791. The zero-order valence-corrected chi connectivity index (χ0v) is 8.62. The molecule has 80 valence electrons. The molecule has 0 bridgehead atoms. The van der Waals surface area contributed by atoms with E-state index < -0.39 is 11.9 Å². The Morgan fingerprint density at radius 2 is 2.36 bits per heavy atom. The van der Waals surface area contributed by atoms with Crippen molar-refractivity contribution in [2.75, 3.05) is 19.8 Å². The van der Waals surface area contributed by atoms with Gasteiger partial charge in [-0.2, -0.15) is 0 Å². The standard InChI is InChI=1S/C10H16O4/c1-7(2)5-14-10(12)8-6-13-4-3-9(8)11/h7-8H,3-6H2,1-2H3. The van der Waals surface area contributed by atoms with E-state index in [-0.39, 0.29) is 12.4 Å². The summed E-state index contributed by atoms with van der Waals surface area (Å²) in [6.45, 7) is 4.87. The monoisotopic (exact) mass is 200 g/mol. The minimum Gasteiger partial charge on any atom is -0.465 e. The van der Waals surface area contributed by atoms with E-state index >= 15 is 0 Å². The van der Waals surface area contributed by atoms with Gasteiger partial charge in [-0.1, -0.05) is 13.8 Å². The molecule has 0 aliphatic carbocycles. The Balaban J connectivity index is 2.38. The Kier molecular flexibility index (Phi) is 4.07. The molecular formula is C10H16O4. The fourth-order valence-corrected chi connectivity index (χ4v) is 1.19. The third kappa shape index (κ3) is 3.10. The van der Waals surface area contributed by atoms with Crippen molar-refractivity contribution in [3.8, 4) is 0 Å². The van der Waals surface area contributed by atoms with E-state index in [1.807, 2.05) is 13.8 Å². The van der Waals surface area contributed by atoms with Gasteiger partial charge < -0.3 is 9.47 Å². The second-order valence-electron chi connectivity index (χ2n) is 3.87. The molecule has 4 nitrogen and oxygen atoms in total. The molecule has 0 aromatic rings. The van der Waals surface area contributed by atoms with Crippen LogP contribution in [0.4, 0.5) is 0 Å². The molecule has 1 rings (SSSR count). The van der Waals surface area contributed by atoms with Gasteiger partial charge in [0, 0.05) is 6.42 Å². The Morgan fingerprint density at radius 1 is 1.64 bits per heavy atom. The van der Waals surface area contributed by atoms with Crippen LogP contribution in [0.2, 0.25) is 0 Å². The number of esters is 1. The van der Waals surface area contributed by atoms with Crippen molar-refractivity contribution < 1.29 is 19.1 Å². The van der Waals surface area contributed by atoms with Crippen LogP contribution >= 0.6 is 0 Å². The van der Waals surface area contributed by atoms with Crippen molar-refractivity contribution in [3.05, 3.63) is 0 Å². The molecule has 0 saturated carbocycles. The van der Waals surface area contributed by atoms with Gasteiger partial charge in [0.25, 0.3) is 0 Å². The van der Waals surface area contributed by atoms with Crippen LogP contribution in [0.5, 0.6) is 0 Å². The Bertz CT molecular complexity index is 222. The molecule has 4 heteroatoms. The summed E-state index contributed by atoms with van der Waals surface area (Å²) in [5.41, 5.74) is 0. The number of carbonyl (C=O) groups excluding carboxylic acids is 2. The normalized spacial score (nSPS) is 22.5. The Morgan fingerprint density at radius 3 is 2.93 bits per heavy atom. The molecular weight excluding hydrogens is 184 g/mol. The van der Waals surface area contributed by atoms with Crippen molar-refractivity contribution in [1.82, 2.24) is 0 Å².